The van der Waals surface area contributed by atoms with E-state index in [1.807, 2.05) is 0 Å². The van der Waals surface area contributed by atoms with Crippen molar-refractivity contribution in [3.05, 3.63) is 0 Å². The number of carboxylic acids is 2. The van der Waals surface area contributed by atoms with Crippen LogP contribution >= 0.6 is 0 Å². The van der Waals surface area contributed by atoms with Crippen LogP contribution in [0.2, 0.25) is 10.6 Å². The largest absolute Gasteiger partial charge is 1.00 e. The van der Waals surface area contributed by atoms with Gasteiger partial charge in [0.25, 0.3) is 5.97 Å². The van der Waals surface area contributed by atoms with Crippen LogP contribution in [0.15, 0.2) is 0 Å². The summed E-state index contributed by atoms with van der Waals surface area (Å²) in [6, 6.07) is 0. The zero-order valence-electron chi connectivity index (χ0n) is 13.7. The fourth-order valence-corrected chi connectivity index (χ4v) is 1.37. The molecule has 0 rings (SSSR count). The van der Waals surface area contributed by atoms with Gasteiger partial charge in [-0.05, 0) is 0 Å². The van der Waals surface area contributed by atoms with E-state index >= 15 is 0 Å². The minimum Gasteiger partial charge on any atom is -1.00 e. The van der Waals surface area contributed by atoms with Gasteiger partial charge in [0.15, 0.2) is 0 Å². The molecular formula is C10H20AlNaO8S. The van der Waals surface area contributed by atoms with E-state index in [1.165, 1.54) is 10.6 Å². The number of hydrogen-bond acceptors (Lipinski definition) is 7. The van der Waals surface area contributed by atoms with Gasteiger partial charge in [0.2, 0.25) is 0 Å². The van der Waals surface area contributed by atoms with Crippen molar-refractivity contribution in [1.82, 2.24) is 0 Å². The molecule has 0 radical (unpaired) electrons. The van der Waals surface area contributed by atoms with Crippen LogP contribution in [0.5, 0.6) is 0 Å². The molecule has 0 aliphatic heterocycles. The van der Waals surface area contributed by atoms with E-state index in [-0.39, 0.29) is 43.8 Å². The SMILES string of the molecule is CC(=O)O[S-](=O)=O.C[CH2][Al+][CH2]C.O=C(O)CCC(=O)O.[H-].[Na+]. The van der Waals surface area contributed by atoms with Crippen LogP contribution in [0.25, 0.3) is 0 Å². The molecule has 0 amide bonds. The molecule has 0 aromatic heterocycles. The number of carbonyl (C=O) groups is 3. The Bertz CT molecular complexity index is 341. The van der Waals surface area contributed by atoms with Crippen LogP contribution in [-0.2, 0) is 38.0 Å². The van der Waals surface area contributed by atoms with Gasteiger partial charge in [-0.1, -0.05) is 0 Å². The maximum absolute atomic E-state index is 9.64. The minimum atomic E-state index is -2.70. The van der Waals surface area contributed by atoms with Gasteiger partial charge in [-0.3, -0.25) is 14.4 Å². The average molecular weight is 350 g/mol. The molecule has 0 bridgehead atoms. The molecule has 0 unspecified atom stereocenters. The van der Waals surface area contributed by atoms with E-state index in [0.717, 1.165) is 22.1 Å². The second-order valence-corrected chi connectivity index (χ2v) is 5.96. The maximum Gasteiger partial charge on any atom is 1.00 e. The van der Waals surface area contributed by atoms with Crippen LogP contribution in [-0.4, -0.2) is 43.3 Å². The summed E-state index contributed by atoms with van der Waals surface area (Å²) in [5.74, 6) is -2.98. The van der Waals surface area contributed by atoms with Crippen molar-refractivity contribution < 1.29 is 68.2 Å². The Morgan fingerprint density at radius 1 is 1.05 bits per heavy atom. The van der Waals surface area contributed by atoms with Crippen molar-refractivity contribution >= 4 is 44.1 Å². The van der Waals surface area contributed by atoms with E-state index in [2.05, 4.69) is 18.0 Å². The smallest absolute Gasteiger partial charge is 1.00 e. The van der Waals surface area contributed by atoms with Crippen LogP contribution < -0.4 is 29.6 Å². The van der Waals surface area contributed by atoms with Gasteiger partial charge in [0.1, 0.15) is 11.0 Å². The van der Waals surface area contributed by atoms with Crippen LogP contribution in [0.3, 0.4) is 0 Å². The molecule has 2 N–H and O–H groups in total. The average Bonchev–Trinajstić information content (AvgIpc) is 2.27. The van der Waals surface area contributed by atoms with E-state index in [4.69, 9.17) is 10.2 Å². The summed E-state index contributed by atoms with van der Waals surface area (Å²) >= 11 is 0.815. The number of aliphatic carboxylic acids is 2. The van der Waals surface area contributed by atoms with Crippen molar-refractivity contribution in [3.8, 4) is 0 Å². The van der Waals surface area contributed by atoms with E-state index in [1.54, 1.807) is 0 Å². The fraction of sp³-hybridized carbons (Fsp3) is 0.700. The standard InChI is InChI=1S/C4H6O4.C2H3O4S.2C2H5.Al.Na.H/c5-3(6)1-2-4(7)8;1-2(3)6-7(4)5;2*1-2;;;/h1-2H2,(H,5,6)(H,7,8);1H3;2*1H2,2H3;;;/q;-1;;;2*+1;-1. The molecule has 0 atom stereocenters. The summed E-state index contributed by atoms with van der Waals surface area (Å²) in [6.07, 6.45) is -0.593. The number of carbonyl (C=O) groups excluding carboxylic acids is 1. The van der Waals surface area contributed by atoms with Gasteiger partial charge in [0.05, 0.1) is 12.8 Å². The molecule has 0 saturated heterocycles. The molecular weight excluding hydrogens is 330 g/mol. The molecule has 0 aliphatic rings. The Morgan fingerprint density at radius 2 is 1.38 bits per heavy atom. The van der Waals surface area contributed by atoms with Gasteiger partial charge in [-0.25, -0.2) is 0 Å². The van der Waals surface area contributed by atoms with Crippen molar-refractivity contribution in [2.75, 3.05) is 0 Å². The minimum absolute atomic E-state index is 0. The van der Waals surface area contributed by atoms with Crippen LogP contribution in [0.4, 0.5) is 0 Å². The molecule has 11 heteroatoms. The zero-order valence-corrected chi connectivity index (χ0v) is 16.6. The summed E-state index contributed by atoms with van der Waals surface area (Å²) in [7, 11) is -2.70. The van der Waals surface area contributed by atoms with Crippen molar-refractivity contribution in [3.63, 3.8) is 0 Å². The Labute approximate surface area is 155 Å². The molecule has 0 aromatic carbocycles. The monoisotopic (exact) mass is 350 g/mol. The molecule has 0 aromatic rings. The molecule has 0 fully saturated rings. The summed E-state index contributed by atoms with van der Waals surface area (Å²) < 4.78 is 22.3. The quantitative estimate of drug-likeness (QED) is 0.432. The Kier molecular flexibility index (Phi) is 30.6. The van der Waals surface area contributed by atoms with Crippen LogP contribution in [0, 0.1) is 0 Å². The fourth-order valence-electron chi connectivity index (χ4n) is 0.598. The number of carboxylic acid groups (broad SMARTS) is 2. The normalized spacial score (nSPS) is 7.81. The Morgan fingerprint density at radius 3 is 1.43 bits per heavy atom. The first kappa shape index (κ1) is 29.0. The second-order valence-electron chi connectivity index (χ2n) is 3.17. The van der Waals surface area contributed by atoms with Crippen molar-refractivity contribution in [2.24, 2.45) is 0 Å². The maximum atomic E-state index is 9.64. The zero-order chi connectivity index (χ0) is 16.6. The van der Waals surface area contributed by atoms with Crippen molar-refractivity contribution in [1.29, 1.82) is 0 Å². The van der Waals surface area contributed by atoms with E-state index in [9.17, 15) is 22.8 Å². The third-order valence-corrected chi connectivity index (χ3v) is 2.84. The molecule has 21 heavy (non-hydrogen) atoms. The van der Waals surface area contributed by atoms with Crippen molar-refractivity contribution in [2.45, 2.75) is 44.2 Å². The summed E-state index contributed by atoms with van der Waals surface area (Å²) in [6.45, 7) is 5.51. The number of hydrogen-bond donors (Lipinski definition) is 2. The third-order valence-electron chi connectivity index (χ3n) is 1.32. The molecule has 0 saturated carbocycles. The van der Waals surface area contributed by atoms with Gasteiger partial charge in [-0.15, -0.1) is 0 Å². The van der Waals surface area contributed by atoms with Gasteiger partial charge in [0, 0.05) is 6.92 Å². The van der Waals surface area contributed by atoms with Gasteiger partial charge in [-0.2, -0.15) is 0 Å². The Balaban J connectivity index is -0.0000000643. The molecule has 0 spiro atoms. The summed E-state index contributed by atoms with van der Waals surface area (Å²) in [5.41, 5.74) is 0. The third kappa shape index (κ3) is 53.7. The first-order valence-corrected chi connectivity index (χ1v) is 8.33. The number of rotatable bonds is 6. The van der Waals surface area contributed by atoms with Gasteiger partial charge < -0.3 is 24.2 Å². The first-order valence-electron chi connectivity index (χ1n) is 5.70. The summed E-state index contributed by atoms with van der Waals surface area (Å²) in [4.78, 5) is 28.9. The Hall–Kier alpha value is -0.108. The predicted molar refractivity (Wildman–Crippen MR) is 72.8 cm³/mol. The van der Waals surface area contributed by atoms with E-state index < -0.39 is 28.9 Å². The predicted octanol–water partition coefficient (Wildman–Crippen LogP) is -1.61. The topological polar surface area (TPSA) is 135 Å². The molecule has 0 aliphatic carbocycles. The molecule has 8 nitrogen and oxygen atoms in total. The second kappa shape index (κ2) is 22.2. The van der Waals surface area contributed by atoms with Crippen LogP contribution in [0.1, 0.15) is 35.0 Å². The summed E-state index contributed by atoms with van der Waals surface area (Å²) in [5, 5.41) is 18.7. The van der Waals surface area contributed by atoms with E-state index in [0.29, 0.717) is 0 Å². The molecule has 0 heterocycles. The molecule has 118 valence electrons. The van der Waals surface area contributed by atoms with Gasteiger partial charge >= 0.3 is 81.1 Å². The first-order chi connectivity index (χ1) is 9.17.